The number of carbonyl (C=O) groups excluding carboxylic acids is 9. The number of benzene rings is 2. The molecular formula is C53H81N11O12. The van der Waals surface area contributed by atoms with Crippen LogP contribution >= 0.6 is 0 Å². The molecule has 0 radical (unpaired) electrons. The van der Waals surface area contributed by atoms with Gasteiger partial charge in [-0.2, -0.15) is 0 Å². The highest BCUT2D eigenvalue weighted by Gasteiger charge is 2.41. The van der Waals surface area contributed by atoms with Gasteiger partial charge >= 0.3 is 5.97 Å². The number of nitrogens with two attached hydrogens (primary N) is 3. The molecule has 23 nitrogen and oxygen atoms in total. The number of carboxylic acids is 1. The lowest BCUT2D eigenvalue weighted by molar-refractivity contribution is -0.143. The van der Waals surface area contributed by atoms with Gasteiger partial charge in [0.2, 0.25) is 53.2 Å². The van der Waals surface area contributed by atoms with E-state index in [0.717, 1.165) is 0 Å². The normalized spacial score (nSPS) is 16.9. The number of hydrogen-bond acceptors (Lipinski definition) is 13. The Kier molecular flexibility index (Phi) is 26.0. The first kappa shape index (κ1) is 63.3. The third kappa shape index (κ3) is 20.3. The Balaban J connectivity index is 1.85. The van der Waals surface area contributed by atoms with Crippen molar-refractivity contribution in [2.75, 3.05) is 13.1 Å². The second-order valence-corrected chi connectivity index (χ2v) is 20.5. The van der Waals surface area contributed by atoms with Crippen molar-refractivity contribution in [3.05, 3.63) is 71.8 Å². The number of nitrogens with one attached hydrogen (secondary N) is 7. The highest BCUT2D eigenvalue weighted by atomic mass is 16.4. The summed E-state index contributed by atoms with van der Waals surface area (Å²) in [6.45, 7) is 11.9. The molecule has 2 aromatic rings. The molecule has 0 bridgehead atoms. The Labute approximate surface area is 444 Å². The van der Waals surface area contributed by atoms with E-state index in [2.05, 4.69) is 37.2 Å². The van der Waals surface area contributed by atoms with E-state index in [-0.39, 0.29) is 57.0 Å². The van der Waals surface area contributed by atoms with Gasteiger partial charge in [0.15, 0.2) is 0 Å². The number of aliphatic carboxylic acids is 1. The first-order valence-corrected chi connectivity index (χ1v) is 26.0. The first-order chi connectivity index (χ1) is 35.8. The zero-order chi connectivity index (χ0) is 56.8. The largest absolute Gasteiger partial charge is 0.480 e. The van der Waals surface area contributed by atoms with Crippen LogP contribution in [0, 0.1) is 17.8 Å². The molecule has 9 amide bonds. The maximum absolute atomic E-state index is 14.2. The molecule has 0 unspecified atom stereocenters. The summed E-state index contributed by atoms with van der Waals surface area (Å²) in [7, 11) is 0. The van der Waals surface area contributed by atoms with Gasteiger partial charge in [-0.3, -0.25) is 43.2 Å². The quantitative estimate of drug-likeness (QED) is 0.0404. The molecule has 0 aromatic heterocycles. The fraction of sp³-hybridized carbons (Fsp3) is 0.585. The number of likely N-dealkylation sites (tertiary alicyclic amines) is 1. The average molecular weight is 1060 g/mol. The Hall–Kier alpha value is -6.98. The minimum Gasteiger partial charge on any atom is -0.480 e. The minimum atomic E-state index is -1.70. The van der Waals surface area contributed by atoms with E-state index in [1.807, 2.05) is 0 Å². The summed E-state index contributed by atoms with van der Waals surface area (Å²) in [5, 5.41) is 39.2. The number of carboxylic acid groups (broad SMARTS) is 1. The molecule has 0 aliphatic carbocycles. The summed E-state index contributed by atoms with van der Waals surface area (Å²) >= 11 is 0. The Bertz CT molecular complexity index is 2280. The van der Waals surface area contributed by atoms with Crippen LogP contribution < -0.4 is 54.4 Å². The van der Waals surface area contributed by atoms with Gasteiger partial charge in [0, 0.05) is 19.4 Å². The second-order valence-electron chi connectivity index (χ2n) is 20.5. The fourth-order valence-electron chi connectivity index (χ4n) is 8.56. The smallest absolute Gasteiger partial charge is 0.326 e. The molecule has 1 fully saturated rings. The van der Waals surface area contributed by atoms with Crippen LogP contribution in [-0.4, -0.2) is 148 Å². The predicted octanol–water partition coefficient (Wildman–Crippen LogP) is -0.988. The number of unbranched alkanes of at least 4 members (excludes halogenated alkanes) is 1. The van der Waals surface area contributed by atoms with Crippen LogP contribution in [0.15, 0.2) is 60.7 Å². The lowest BCUT2D eigenvalue weighted by Gasteiger charge is -2.31. The zero-order valence-electron chi connectivity index (χ0n) is 44.7. The molecule has 420 valence electrons. The lowest BCUT2D eigenvalue weighted by atomic mass is 9.99. The number of carbonyl (C=O) groups is 10. The van der Waals surface area contributed by atoms with E-state index < -0.39 is 132 Å². The number of aliphatic hydroxyl groups excluding tert-OH is 1. The van der Waals surface area contributed by atoms with Crippen molar-refractivity contribution in [1.29, 1.82) is 0 Å². The molecule has 1 saturated heterocycles. The van der Waals surface area contributed by atoms with Crippen LogP contribution in [0.1, 0.15) is 105 Å². The molecular weight excluding hydrogens is 983 g/mol. The molecule has 76 heavy (non-hydrogen) atoms. The van der Waals surface area contributed by atoms with Gasteiger partial charge in [-0.05, 0) is 80.9 Å². The van der Waals surface area contributed by atoms with Gasteiger partial charge in [-0.15, -0.1) is 0 Å². The summed E-state index contributed by atoms with van der Waals surface area (Å²) in [5.41, 5.74) is 18.4. The molecule has 3 rings (SSSR count). The second kappa shape index (κ2) is 31.2. The van der Waals surface area contributed by atoms with Crippen molar-refractivity contribution in [2.45, 2.75) is 167 Å². The molecule has 10 atom stereocenters. The van der Waals surface area contributed by atoms with Crippen LogP contribution in [-0.2, 0) is 60.8 Å². The number of amides is 9. The zero-order valence-corrected chi connectivity index (χ0v) is 44.7. The monoisotopic (exact) mass is 1060 g/mol. The van der Waals surface area contributed by atoms with E-state index in [1.165, 1.54) is 11.8 Å². The number of rotatable bonds is 31. The average Bonchev–Trinajstić information content (AvgIpc) is 3.86. The summed E-state index contributed by atoms with van der Waals surface area (Å²) in [5.74, 6) is -9.59. The number of hydrogen-bond donors (Lipinski definition) is 12. The number of primary amides is 1. The van der Waals surface area contributed by atoms with Crippen LogP contribution in [0.5, 0.6) is 0 Å². The summed E-state index contributed by atoms with van der Waals surface area (Å²) in [4.78, 5) is 137. The molecule has 1 aliphatic heterocycles. The van der Waals surface area contributed by atoms with Crippen LogP contribution in [0.2, 0.25) is 0 Å². The van der Waals surface area contributed by atoms with Gasteiger partial charge in [-0.25, -0.2) is 4.79 Å². The summed E-state index contributed by atoms with van der Waals surface area (Å²) in [6.07, 6.45) is -0.832. The maximum Gasteiger partial charge on any atom is 0.326 e. The number of aliphatic hydroxyl groups is 1. The SMILES string of the molecule is CC(C)C[C@H](NC(=O)[C@@H]1CCCN1C(=O)[C@H](CC(N)=O)NC(=O)[C@@H](N)C(C)C)C(=O)N[C@@H](CCCCN)C(=O)N[C@H](C(=O)N[C@@H](Cc1ccccc1)C(=O)N[C@H](C(=O)N[C@@H](Cc1ccccc1)C(=O)O)C(C)C)[C@@H](C)O. The maximum atomic E-state index is 14.2. The Morgan fingerprint density at radius 2 is 1.11 bits per heavy atom. The van der Waals surface area contributed by atoms with Crippen molar-refractivity contribution in [2.24, 2.45) is 35.0 Å². The molecule has 0 saturated carbocycles. The van der Waals surface area contributed by atoms with Gasteiger partial charge in [0.05, 0.1) is 18.6 Å². The van der Waals surface area contributed by atoms with Crippen molar-refractivity contribution in [3.63, 3.8) is 0 Å². The minimum absolute atomic E-state index is 0.00931. The van der Waals surface area contributed by atoms with Crippen LogP contribution in [0.4, 0.5) is 0 Å². The fourth-order valence-corrected chi connectivity index (χ4v) is 8.56. The van der Waals surface area contributed by atoms with Gasteiger partial charge in [0.1, 0.15) is 48.3 Å². The van der Waals surface area contributed by atoms with Crippen LogP contribution in [0.3, 0.4) is 0 Å². The van der Waals surface area contributed by atoms with Gasteiger partial charge in [0.25, 0.3) is 0 Å². The van der Waals surface area contributed by atoms with Crippen molar-refractivity contribution in [1.82, 2.24) is 42.1 Å². The highest BCUT2D eigenvalue weighted by Crippen LogP contribution is 2.21. The third-order valence-electron chi connectivity index (χ3n) is 12.9. The van der Waals surface area contributed by atoms with Gasteiger partial charge in [-0.1, -0.05) is 102 Å². The predicted molar refractivity (Wildman–Crippen MR) is 282 cm³/mol. The summed E-state index contributed by atoms with van der Waals surface area (Å²) in [6, 6.07) is 5.46. The molecule has 1 aliphatic rings. The lowest BCUT2D eigenvalue weighted by Crippen LogP contribution is -2.62. The van der Waals surface area contributed by atoms with Crippen molar-refractivity contribution in [3.8, 4) is 0 Å². The summed E-state index contributed by atoms with van der Waals surface area (Å²) < 4.78 is 0. The number of nitrogens with zero attached hydrogens (tertiary/aromatic N) is 1. The Morgan fingerprint density at radius 3 is 1.62 bits per heavy atom. The van der Waals surface area contributed by atoms with E-state index in [9.17, 15) is 58.2 Å². The van der Waals surface area contributed by atoms with Crippen molar-refractivity contribution < 1.29 is 58.2 Å². The molecule has 2 aromatic carbocycles. The van der Waals surface area contributed by atoms with Crippen molar-refractivity contribution >= 4 is 59.1 Å². The third-order valence-corrected chi connectivity index (χ3v) is 12.9. The molecule has 0 spiro atoms. The standard InChI is InChI=1S/C53H81N11O12/c1-29(2)25-36(58-48(70)40-22-16-24-64(40)52(74)38(28-41(55)66)60-49(71)42(56)30(3)4)46(68)57-35(21-14-15-23-54)45(67)63-44(32(7)65)51(73)59-37(26-33-17-10-8-11-18-33)47(69)62-43(31(5)6)50(72)61-39(53(75)76)27-34-19-12-9-13-20-34/h8-13,17-20,29-32,35-40,42-44,65H,14-16,21-28,54,56H2,1-7H3,(H2,55,66)(H,57,68)(H,58,70)(H,59,73)(H,60,71)(H,61,72)(H,62,69)(H,63,67)(H,75,76)/t32-,35+,36+,37+,38+,39+,40+,42+,43+,44+/m1/s1. The van der Waals surface area contributed by atoms with E-state index >= 15 is 0 Å². The molecule has 15 N–H and O–H groups in total. The van der Waals surface area contributed by atoms with Crippen LogP contribution in [0.25, 0.3) is 0 Å². The van der Waals surface area contributed by atoms with E-state index in [1.54, 1.807) is 102 Å². The first-order valence-electron chi connectivity index (χ1n) is 26.0. The molecule has 1 heterocycles. The van der Waals surface area contributed by atoms with Gasteiger partial charge < -0.3 is 69.5 Å². The Morgan fingerprint density at radius 1 is 0.605 bits per heavy atom. The highest BCUT2D eigenvalue weighted by molar-refractivity contribution is 5.99. The van der Waals surface area contributed by atoms with E-state index in [4.69, 9.17) is 17.2 Å². The molecule has 23 heteroatoms. The van der Waals surface area contributed by atoms with E-state index in [0.29, 0.717) is 30.4 Å². The topological polar surface area (TPSA) is 377 Å².